The average molecular weight is 1480 g/mol. The van der Waals surface area contributed by atoms with Crippen molar-refractivity contribution in [2.45, 2.75) is 116 Å². The highest BCUT2D eigenvalue weighted by Crippen LogP contribution is 2.47. The Morgan fingerprint density at radius 3 is 1.11 bits per heavy atom. The number of nitrogens with one attached hydrogen (secondary N) is 1. The number of carbonyl (C=O) groups is 4. The number of sulfone groups is 1. The van der Waals surface area contributed by atoms with Gasteiger partial charge >= 0.3 is 18.3 Å². The van der Waals surface area contributed by atoms with Gasteiger partial charge in [0.2, 0.25) is 0 Å². The van der Waals surface area contributed by atoms with Crippen molar-refractivity contribution in [2.75, 3.05) is 123 Å². The van der Waals surface area contributed by atoms with Crippen LogP contribution in [0.25, 0.3) is 33.1 Å². The maximum Gasteiger partial charge on any atom is 0.414 e. The second kappa shape index (κ2) is 30.2. The molecule has 0 saturated carbocycles. The molecule has 21 nitrogen and oxygen atoms in total. The fourth-order valence-electron chi connectivity index (χ4n) is 17.4. The van der Waals surface area contributed by atoms with Gasteiger partial charge in [0, 0.05) is 159 Å². The number of nitrogens with zero attached hydrogens (tertiary/aromatic N) is 11. The zero-order chi connectivity index (χ0) is 72.8. The predicted octanol–water partition coefficient (Wildman–Crippen LogP) is 11.9. The molecule has 0 bridgehead atoms. The first kappa shape index (κ1) is 72.3. The Morgan fingerprint density at radius 1 is 0.476 bits per heavy atom. The molecule has 6 aromatic carbocycles. The molecule has 9 aliphatic heterocycles. The third-order valence-corrected chi connectivity index (χ3v) is 28.3. The van der Waals surface area contributed by atoms with Gasteiger partial charge in [0.25, 0.3) is 0 Å². The Hall–Kier alpha value is -8.26. The number of aldehydes is 1. The number of likely N-dealkylation sites (tertiary alicyclic amines) is 2. The number of methoxy groups -OCH3 is 3. The van der Waals surface area contributed by atoms with Crippen LogP contribution in [-0.2, 0) is 87.0 Å². The van der Waals surface area contributed by atoms with Crippen LogP contribution in [0.3, 0.4) is 0 Å². The van der Waals surface area contributed by atoms with Crippen molar-refractivity contribution >= 4 is 108 Å². The quantitative estimate of drug-likeness (QED) is 0.0792. The lowest BCUT2D eigenvalue weighted by Gasteiger charge is -2.55. The first-order chi connectivity index (χ1) is 50.9. The number of anilines is 3. The summed E-state index contributed by atoms with van der Waals surface area (Å²) >= 11 is 4.16. The highest BCUT2D eigenvalue weighted by atomic mass is 32.2. The maximum atomic E-state index is 12.6. The maximum absolute atomic E-state index is 12.6. The van der Waals surface area contributed by atoms with Crippen LogP contribution in [-0.4, -0.2) is 198 Å². The number of carbonyl (C=O) groups excluding carboxylic acids is 4. The number of fused-ring (bicyclic) bond motifs is 9. The molecule has 12 heterocycles. The summed E-state index contributed by atoms with van der Waals surface area (Å²) in [7, 11) is 1.47. The van der Waals surface area contributed by atoms with Gasteiger partial charge in [-0.2, -0.15) is 23.5 Å². The summed E-state index contributed by atoms with van der Waals surface area (Å²) in [5.74, 6) is 9.14. The van der Waals surface area contributed by atoms with E-state index in [4.69, 9.17) is 29.2 Å². The number of aryl methyl sites for hydroxylation is 3. The van der Waals surface area contributed by atoms with E-state index in [9.17, 15) is 27.6 Å². The molecule has 6 fully saturated rings. The normalized spacial score (nSPS) is 21.0. The van der Waals surface area contributed by atoms with Crippen molar-refractivity contribution in [2.24, 2.45) is 16.2 Å². The predicted molar refractivity (Wildman–Crippen MR) is 417 cm³/mol. The van der Waals surface area contributed by atoms with E-state index >= 15 is 0 Å². The van der Waals surface area contributed by atoms with Gasteiger partial charge in [-0.1, -0.05) is 91.0 Å². The fourth-order valence-corrected chi connectivity index (χ4v) is 21.9. The Morgan fingerprint density at radius 2 is 0.819 bits per heavy atom. The molecule has 6 saturated heterocycles. The van der Waals surface area contributed by atoms with Gasteiger partial charge in [0.05, 0.1) is 89.5 Å². The SMILES string of the molecule is C1NCC12CSC2.COC(=O)N1c2ccc3c(nc(Cc4ccccc4)n3CC=O)c2CC[C@@H]1C.COC(=O)N1c2ccc3c(nc(Cc4ccccc4)n3CCN3CC4(C3)CS(=O)(=O)C4)c2CC[C@@H]1C.COC(=O)N1c2ccc3c(nc(Cc4ccccc4)n3CCN3CC4(CSC4)C3)c2CC[C@@H]1C. The molecule has 3 aromatic heterocycles. The Kier molecular flexibility index (Phi) is 20.8. The molecule has 3 amide bonds. The van der Waals surface area contributed by atoms with Crippen molar-refractivity contribution in [3.8, 4) is 0 Å². The number of aromatic nitrogens is 6. The van der Waals surface area contributed by atoms with Crippen molar-refractivity contribution in [3.63, 3.8) is 0 Å². The first-order valence-electron chi connectivity index (χ1n) is 37.1. The molecule has 0 aliphatic carbocycles. The van der Waals surface area contributed by atoms with Crippen LogP contribution in [0, 0.1) is 16.2 Å². The van der Waals surface area contributed by atoms with Gasteiger partial charge < -0.3 is 47.8 Å². The Balaban J connectivity index is 0.000000121. The summed E-state index contributed by atoms with van der Waals surface area (Å²) in [5, 5.41) is 3.29. The van der Waals surface area contributed by atoms with Gasteiger partial charge in [-0.3, -0.25) is 14.7 Å². The minimum Gasteiger partial charge on any atom is -0.452 e. The van der Waals surface area contributed by atoms with E-state index < -0.39 is 9.84 Å². The van der Waals surface area contributed by atoms with Crippen LogP contribution in [0.5, 0.6) is 0 Å². The van der Waals surface area contributed by atoms with E-state index in [0.29, 0.717) is 23.3 Å². The molecule has 0 radical (unpaired) electrons. The highest BCUT2D eigenvalue weighted by molar-refractivity contribution is 8.01. The molecule has 0 unspecified atom stereocenters. The number of amides is 3. The summed E-state index contributed by atoms with van der Waals surface area (Å²) in [6.45, 7) is 16.8. The fraction of sp³-hybridized carbons (Fsp3) is 0.469. The number of benzene rings is 6. The third-order valence-electron chi connectivity index (χ3n) is 23.0. The summed E-state index contributed by atoms with van der Waals surface area (Å²) in [4.78, 5) is 74.2. The van der Waals surface area contributed by atoms with E-state index in [1.165, 1.54) is 92.7 Å². The first-order valence-corrected chi connectivity index (χ1v) is 41.2. The molecule has 105 heavy (non-hydrogen) atoms. The number of thioether (sulfide) groups is 2. The lowest BCUT2D eigenvalue weighted by molar-refractivity contribution is -0.108. The Bertz CT molecular complexity index is 4780. The van der Waals surface area contributed by atoms with E-state index in [0.717, 1.165) is 181 Å². The second-order valence-electron chi connectivity index (χ2n) is 30.7. The van der Waals surface area contributed by atoms with Crippen LogP contribution in [0.4, 0.5) is 31.4 Å². The van der Waals surface area contributed by atoms with Crippen LogP contribution in [0.2, 0.25) is 0 Å². The molecule has 3 spiro atoms. The molecule has 552 valence electrons. The smallest absolute Gasteiger partial charge is 0.414 e. The van der Waals surface area contributed by atoms with E-state index in [1.54, 1.807) is 14.7 Å². The van der Waals surface area contributed by atoms with Crippen molar-refractivity contribution in [1.82, 2.24) is 43.8 Å². The standard InChI is InChI=1S/C27H32N4O4S.C27H32N4O2S.C22H23N3O3.C5H9NS/c1-19-8-9-21-22(31(19)26(32)35-2)10-11-23-25(21)28-24(14-20-6-4-3-5-7-20)30(23)13-12-29-15-27(16-29)17-36(33,34)18-27;1-19-8-9-21-22(31(19)26(32)33-2)10-11-23-25(21)28-24(14-20-6-4-3-5-7-20)30(23)13-12-29-15-27(16-29)17-34-18-27;1-15-8-9-17-18(25(15)22(27)28-2)10-11-19-21(17)23-20(24(19)12-13-26)14-16-6-4-3-5-7-16;1-5(2-6-1)3-7-4-5/h3-7,10-11,19H,8-9,12-18H2,1-2H3;3-7,10-11,19H,8-9,12-18H2,1-2H3;3-7,10-11,13,15H,8-9,12,14H2,1-2H3;6H,1-4H2/t2*19-;15-;/m000./s1. The van der Waals surface area contributed by atoms with Crippen molar-refractivity contribution in [1.29, 1.82) is 0 Å². The van der Waals surface area contributed by atoms with Crippen molar-refractivity contribution < 1.29 is 41.8 Å². The number of ether oxygens (including phenoxy) is 3. The lowest BCUT2D eigenvalue weighted by Crippen LogP contribution is -2.68. The largest absolute Gasteiger partial charge is 0.452 e. The third kappa shape index (κ3) is 14.5. The van der Waals surface area contributed by atoms with Gasteiger partial charge in [0.15, 0.2) is 9.84 Å². The zero-order valence-corrected chi connectivity index (χ0v) is 63.6. The minimum absolute atomic E-state index is 0.00415. The van der Waals surface area contributed by atoms with Gasteiger partial charge in [-0.15, -0.1) is 0 Å². The Labute approximate surface area is 623 Å². The van der Waals surface area contributed by atoms with Gasteiger partial charge in [-0.25, -0.2) is 37.8 Å². The van der Waals surface area contributed by atoms with Gasteiger partial charge in [-0.05, 0) is 112 Å². The number of hydrogen-bond acceptors (Lipinski definition) is 17. The number of imidazole rings is 3. The van der Waals surface area contributed by atoms with Crippen LogP contribution >= 0.6 is 23.5 Å². The summed E-state index contributed by atoms with van der Waals surface area (Å²) < 4.78 is 45.2. The molecular formula is C81H96N12O9S3. The van der Waals surface area contributed by atoms with Crippen LogP contribution in [0.1, 0.15) is 90.9 Å². The van der Waals surface area contributed by atoms with Crippen molar-refractivity contribution in [3.05, 3.63) is 178 Å². The highest BCUT2D eigenvalue weighted by Gasteiger charge is 2.55. The van der Waals surface area contributed by atoms with Crippen LogP contribution in [0.15, 0.2) is 127 Å². The topological polar surface area (TPSA) is 212 Å². The number of hydrogen-bond donors (Lipinski definition) is 1. The number of rotatable bonds is 14. The minimum atomic E-state index is -2.81. The lowest BCUT2D eigenvalue weighted by atomic mass is 9.83. The molecule has 1 N–H and O–H groups in total. The summed E-state index contributed by atoms with van der Waals surface area (Å²) in [6.07, 6.45) is 7.34. The molecule has 18 rings (SSSR count). The monoisotopic (exact) mass is 1480 g/mol. The molecule has 24 heteroatoms. The molecule has 9 aromatic rings. The van der Waals surface area contributed by atoms with Gasteiger partial charge in [0.1, 0.15) is 23.8 Å². The zero-order valence-electron chi connectivity index (χ0n) is 61.1. The summed E-state index contributed by atoms with van der Waals surface area (Å²) in [5.41, 5.74) is 17.1. The van der Waals surface area contributed by atoms with E-state index in [-0.39, 0.29) is 48.4 Å². The van der Waals surface area contributed by atoms with Crippen LogP contribution < -0.4 is 20.0 Å². The summed E-state index contributed by atoms with van der Waals surface area (Å²) in [6, 6.07) is 43.6. The average Bonchev–Trinajstić information content (AvgIpc) is 1.50. The van der Waals surface area contributed by atoms with E-state index in [2.05, 4.69) is 134 Å². The molecule has 9 aliphatic rings. The second-order valence-corrected chi connectivity index (χ2v) is 34.7. The molecule has 3 atom stereocenters. The van der Waals surface area contributed by atoms with E-state index in [1.807, 2.05) is 66.1 Å². The molecular weight excluding hydrogens is 1380 g/mol.